The Bertz CT molecular complexity index is 966. The molecule has 3 rings (SSSR count). The van der Waals surface area contributed by atoms with Crippen molar-refractivity contribution >= 4 is 22.8 Å². The maximum atomic E-state index is 13.1. The van der Waals surface area contributed by atoms with Gasteiger partial charge in [-0.15, -0.1) is 0 Å². The van der Waals surface area contributed by atoms with E-state index in [9.17, 15) is 19.1 Å². The van der Waals surface area contributed by atoms with Gasteiger partial charge in [-0.25, -0.2) is 4.39 Å². The first-order valence-electron chi connectivity index (χ1n) is 8.38. The average Bonchev–Trinajstić information content (AvgIpc) is 3.04. The van der Waals surface area contributed by atoms with E-state index in [1.54, 1.807) is 18.2 Å². The van der Waals surface area contributed by atoms with E-state index < -0.39 is 0 Å². The first-order valence-corrected chi connectivity index (χ1v) is 8.38. The Balaban J connectivity index is 1.80. The molecule has 2 amide bonds. The third kappa shape index (κ3) is 4.44. The van der Waals surface area contributed by atoms with Crippen molar-refractivity contribution in [3.63, 3.8) is 0 Å². The lowest BCUT2D eigenvalue weighted by Gasteiger charge is -2.22. The second-order valence-electron chi connectivity index (χ2n) is 6.17. The molecule has 0 saturated heterocycles. The molecule has 0 aliphatic carbocycles. The molecule has 2 N–H and O–H groups in total. The van der Waals surface area contributed by atoms with Crippen LogP contribution in [0.2, 0.25) is 0 Å². The van der Waals surface area contributed by atoms with Crippen LogP contribution in [-0.4, -0.2) is 35.4 Å². The van der Waals surface area contributed by atoms with E-state index in [-0.39, 0.29) is 42.9 Å². The first kappa shape index (κ1) is 18.4. The maximum Gasteiger partial charge on any atom is 0.239 e. The summed E-state index contributed by atoms with van der Waals surface area (Å²) in [5, 5.41) is 12.7. The van der Waals surface area contributed by atoms with Crippen LogP contribution >= 0.6 is 0 Å². The molecule has 1 heterocycles. The average molecular weight is 370 g/mol. The van der Waals surface area contributed by atoms with Gasteiger partial charge in [0.1, 0.15) is 17.1 Å². The van der Waals surface area contributed by atoms with Crippen LogP contribution in [-0.2, 0) is 22.6 Å². The molecule has 0 aliphatic rings. The van der Waals surface area contributed by atoms with Crippen LogP contribution in [0.25, 0.3) is 11.0 Å². The van der Waals surface area contributed by atoms with Crippen LogP contribution in [0.1, 0.15) is 11.1 Å². The number of carbonyl (C=O) groups excluding carboxylic acids is 2. The molecule has 0 radical (unpaired) electrons. The summed E-state index contributed by atoms with van der Waals surface area (Å²) >= 11 is 0. The van der Waals surface area contributed by atoms with Gasteiger partial charge < -0.3 is 19.7 Å². The van der Waals surface area contributed by atoms with E-state index in [0.717, 1.165) is 10.9 Å². The predicted octanol–water partition coefficient (Wildman–Crippen LogP) is 2.59. The summed E-state index contributed by atoms with van der Waals surface area (Å²) < 4.78 is 18.5. The molecule has 140 valence electrons. The molecule has 0 fully saturated rings. The zero-order valence-electron chi connectivity index (χ0n) is 14.7. The van der Waals surface area contributed by atoms with E-state index >= 15 is 0 Å². The Morgan fingerprint density at radius 1 is 1.19 bits per heavy atom. The number of hydrogen-bond donors (Lipinski definition) is 2. The van der Waals surface area contributed by atoms with Crippen LogP contribution in [0.4, 0.5) is 4.39 Å². The number of rotatable bonds is 6. The SMILES string of the molecule is CNC(=O)CN(Cc1ccc(F)cc1)C(=O)Cc1coc2cc(O)ccc12. The molecule has 0 atom stereocenters. The summed E-state index contributed by atoms with van der Waals surface area (Å²) in [6.07, 6.45) is 1.51. The predicted molar refractivity (Wildman–Crippen MR) is 97.5 cm³/mol. The van der Waals surface area contributed by atoms with Gasteiger partial charge in [0.05, 0.1) is 19.2 Å². The minimum Gasteiger partial charge on any atom is -0.508 e. The summed E-state index contributed by atoms with van der Waals surface area (Å²) in [5.74, 6) is -0.852. The van der Waals surface area contributed by atoms with Crippen molar-refractivity contribution in [3.05, 3.63) is 65.7 Å². The van der Waals surface area contributed by atoms with Gasteiger partial charge in [0.2, 0.25) is 11.8 Å². The van der Waals surface area contributed by atoms with Crippen LogP contribution in [0, 0.1) is 5.82 Å². The Hall–Kier alpha value is -3.35. The minimum atomic E-state index is -0.365. The largest absolute Gasteiger partial charge is 0.508 e. The summed E-state index contributed by atoms with van der Waals surface area (Å²) in [4.78, 5) is 26.0. The number of amides is 2. The van der Waals surface area contributed by atoms with Crippen molar-refractivity contribution in [2.24, 2.45) is 0 Å². The van der Waals surface area contributed by atoms with Gasteiger partial charge in [-0.1, -0.05) is 12.1 Å². The summed E-state index contributed by atoms with van der Waals surface area (Å²) in [6, 6.07) is 10.5. The quantitative estimate of drug-likeness (QED) is 0.699. The highest BCUT2D eigenvalue weighted by Crippen LogP contribution is 2.25. The van der Waals surface area contributed by atoms with Crippen LogP contribution < -0.4 is 5.32 Å². The minimum absolute atomic E-state index is 0.0377. The third-order valence-electron chi connectivity index (χ3n) is 4.23. The highest BCUT2D eigenvalue weighted by atomic mass is 19.1. The number of halogens is 1. The molecule has 6 nitrogen and oxygen atoms in total. The zero-order chi connectivity index (χ0) is 19.4. The number of fused-ring (bicyclic) bond motifs is 1. The lowest BCUT2D eigenvalue weighted by molar-refractivity contribution is -0.136. The van der Waals surface area contributed by atoms with Gasteiger partial charge in [-0.05, 0) is 29.8 Å². The van der Waals surface area contributed by atoms with Crippen molar-refractivity contribution in [3.8, 4) is 5.75 Å². The lowest BCUT2D eigenvalue weighted by Crippen LogP contribution is -2.39. The Kier molecular flexibility index (Phi) is 5.40. The number of carbonyl (C=O) groups is 2. The molecule has 1 aromatic heterocycles. The molecule has 0 unspecified atom stereocenters. The molecule has 0 bridgehead atoms. The number of aromatic hydroxyl groups is 1. The number of benzene rings is 2. The van der Waals surface area contributed by atoms with Gasteiger partial charge in [0, 0.05) is 30.6 Å². The third-order valence-corrected chi connectivity index (χ3v) is 4.23. The zero-order valence-corrected chi connectivity index (χ0v) is 14.7. The molecular weight excluding hydrogens is 351 g/mol. The van der Waals surface area contributed by atoms with Crippen LogP contribution in [0.5, 0.6) is 5.75 Å². The van der Waals surface area contributed by atoms with Crippen molar-refractivity contribution < 1.29 is 23.5 Å². The van der Waals surface area contributed by atoms with E-state index in [2.05, 4.69) is 5.32 Å². The molecule has 3 aromatic rings. The summed E-state index contributed by atoms with van der Waals surface area (Å²) in [7, 11) is 1.50. The number of phenolic OH excluding ortho intramolecular Hbond substituents is 1. The Labute approximate surface area is 155 Å². The standard InChI is InChI=1S/C20H19FN2O4/c1-22-19(25)11-23(10-13-2-4-15(21)5-3-13)20(26)8-14-12-27-18-9-16(24)6-7-17(14)18/h2-7,9,12,24H,8,10-11H2,1H3,(H,22,25). The van der Waals surface area contributed by atoms with Gasteiger partial charge in [0.15, 0.2) is 0 Å². The molecular formula is C20H19FN2O4. The molecule has 0 aliphatic heterocycles. The normalized spacial score (nSPS) is 10.7. The van der Waals surface area contributed by atoms with Crippen LogP contribution in [0.15, 0.2) is 53.1 Å². The summed E-state index contributed by atoms with van der Waals surface area (Å²) in [5.41, 5.74) is 1.86. The smallest absolute Gasteiger partial charge is 0.239 e. The van der Waals surface area contributed by atoms with Crippen molar-refractivity contribution in [1.29, 1.82) is 0 Å². The molecule has 0 spiro atoms. The van der Waals surface area contributed by atoms with E-state index in [1.807, 2.05) is 0 Å². The number of furan rings is 1. The van der Waals surface area contributed by atoms with Gasteiger partial charge >= 0.3 is 0 Å². The van der Waals surface area contributed by atoms with Crippen molar-refractivity contribution in [2.75, 3.05) is 13.6 Å². The Morgan fingerprint density at radius 2 is 1.93 bits per heavy atom. The number of likely N-dealkylation sites (N-methyl/N-ethyl adjacent to an activating group) is 1. The van der Waals surface area contributed by atoms with Gasteiger partial charge in [-0.2, -0.15) is 0 Å². The molecule has 0 saturated carbocycles. The van der Waals surface area contributed by atoms with Crippen LogP contribution in [0.3, 0.4) is 0 Å². The number of phenols is 1. The molecule has 2 aromatic carbocycles. The number of nitrogens with one attached hydrogen (secondary N) is 1. The first-order chi connectivity index (χ1) is 13.0. The highest BCUT2D eigenvalue weighted by molar-refractivity contribution is 5.90. The van der Waals surface area contributed by atoms with Gasteiger partial charge in [0.25, 0.3) is 0 Å². The maximum absolute atomic E-state index is 13.1. The van der Waals surface area contributed by atoms with Crippen molar-refractivity contribution in [1.82, 2.24) is 10.2 Å². The molecule has 7 heteroatoms. The fourth-order valence-electron chi connectivity index (χ4n) is 2.78. The number of nitrogens with zero attached hydrogens (tertiary/aromatic N) is 1. The summed E-state index contributed by atoms with van der Waals surface area (Å²) in [6.45, 7) is 0.0758. The van der Waals surface area contributed by atoms with E-state index in [1.165, 1.54) is 42.5 Å². The Morgan fingerprint density at radius 3 is 2.63 bits per heavy atom. The second-order valence-corrected chi connectivity index (χ2v) is 6.17. The second kappa shape index (κ2) is 7.90. The van der Waals surface area contributed by atoms with E-state index in [0.29, 0.717) is 11.1 Å². The monoisotopic (exact) mass is 370 g/mol. The topological polar surface area (TPSA) is 82.8 Å². The fraction of sp³-hybridized carbons (Fsp3) is 0.200. The van der Waals surface area contributed by atoms with Gasteiger partial charge in [-0.3, -0.25) is 9.59 Å². The fourth-order valence-corrected chi connectivity index (χ4v) is 2.78. The lowest BCUT2D eigenvalue weighted by atomic mass is 10.1. The number of hydrogen-bond acceptors (Lipinski definition) is 4. The molecule has 27 heavy (non-hydrogen) atoms. The van der Waals surface area contributed by atoms with E-state index in [4.69, 9.17) is 4.42 Å². The highest BCUT2D eigenvalue weighted by Gasteiger charge is 2.19. The van der Waals surface area contributed by atoms with Crippen molar-refractivity contribution in [2.45, 2.75) is 13.0 Å².